The maximum absolute atomic E-state index is 12.6. The van der Waals surface area contributed by atoms with Gasteiger partial charge in [0.25, 0.3) is 11.8 Å². The lowest BCUT2D eigenvalue weighted by Gasteiger charge is -2.42. The molecule has 0 atom stereocenters. The number of carbonyl (C=O) groups is 2. The largest absolute Gasteiger partial charge is 0.495 e. The van der Waals surface area contributed by atoms with Crippen molar-refractivity contribution in [1.82, 2.24) is 39.5 Å². The molecule has 6 aliphatic heterocycles. The molecular formula is C58H88N16O6. The Kier molecular flexibility index (Phi) is 11.7. The van der Waals surface area contributed by atoms with Gasteiger partial charge in [-0.3, -0.25) is 19.4 Å². The van der Waals surface area contributed by atoms with Crippen LogP contribution in [0.4, 0.5) is 46.0 Å². The second kappa shape index (κ2) is 27.9. The number of benzene rings is 2. The van der Waals surface area contributed by atoms with Crippen LogP contribution in [-0.2, 0) is 22.2 Å². The van der Waals surface area contributed by atoms with E-state index in [1.165, 1.54) is 21.1 Å². The predicted molar refractivity (Wildman–Crippen MR) is 316 cm³/mol. The highest BCUT2D eigenvalue weighted by atomic mass is 16.5. The van der Waals surface area contributed by atoms with Crippen molar-refractivity contribution in [2.24, 2.45) is 11.5 Å². The number of methoxy groups -OCH3 is 2. The van der Waals surface area contributed by atoms with Gasteiger partial charge < -0.3 is 71.3 Å². The summed E-state index contributed by atoms with van der Waals surface area (Å²) in [5.74, 6) is -1.48. The molecule has 8 heterocycles. The molecule has 2 aromatic carbocycles. The molecule has 0 aliphatic carbocycles. The average molecular weight is 1130 g/mol. The van der Waals surface area contributed by atoms with Gasteiger partial charge >= 0.3 is 0 Å². The minimum atomic E-state index is -3.48. The van der Waals surface area contributed by atoms with E-state index in [1.54, 1.807) is 36.4 Å². The first-order chi connectivity index (χ1) is 48.7. The second-order valence-electron chi connectivity index (χ2n) is 19.4. The van der Waals surface area contributed by atoms with E-state index in [0.29, 0.717) is 101 Å². The van der Waals surface area contributed by atoms with Crippen molar-refractivity contribution < 1.29 is 64.2 Å². The number of nitrogens with two attached hydrogens (primary N) is 2. The normalized spacial score (nSPS) is 30.4. The van der Waals surface area contributed by atoms with E-state index >= 15 is 0 Å². The first-order valence-electron chi connectivity index (χ1n) is 39.4. The van der Waals surface area contributed by atoms with E-state index < -0.39 is 114 Å². The highest BCUT2D eigenvalue weighted by Gasteiger charge is 2.31. The molecule has 10 rings (SSSR count). The van der Waals surface area contributed by atoms with Crippen molar-refractivity contribution in [3.63, 3.8) is 0 Å². The molecule has 0 bridgehead atoms. The van der Waals surface area contributed by atoms with E-state index in [2.05, 4.69) is 41.2 Å². The number of hydrogen-bond donors (Lipinski definition) is 6. The first-order valence-corrected chi connectivity index (χ1v) is 26.4. The van der Waals surface area contributed by atoms with Crippen molar-refractivity contribution in [3.8, 4) is 11.5 Å². The molecule has 0 saturated carbocycles. The molecule has 2 aromatic heterocycles. The van der Waals surface area contributed by atoms with Gasteiger partial charge in [0, 0.05) is 188 Å². The average Bonchev–Trinajstić information content (AvgIpc) is 0.683. The number of piperidine rings is 2. The number of nitrogens with one attached hydrogen (secondary N) is 4. The van der Waals surface area contributed by atoms with E-state index in [4.69, 9.17) is 66.1 Å². The Hall–Kier alpha value is -6.30. The van der Waals surface area contributed by atoms with Gasteiger partial charge in [-0.05, 0) is 102 Å². The Balaban J connectivity index is 0.000000245. The fourth-order valence-electron chi connectivity index (χ4n) is 9.90. The van der Waals surface area contributed by atoms with Crippen LogP contribution in [0, 0.1) is 0 Å². The molecule has 6 saturated heterocycles. The van der Waals surface area contributed by atoms with Crippen LogP contribution in [0.25, 0.3) is 0 Å². The Labute approximate surface area is 509 Å². The lowest BCUT2D eigenvalue weighted by molar-refractivity contribution is 0.0902. The smallest absolute Gasteiger partial charge is 0.271 e. The summed E-state index contributed by atoms with van der Waals surface area (Å²) in [6.45, 7) is -27.2. The topological polar surface area (TPSA) is 242 Å². The number of amides is 2. The Bertz CT molecular complexity index is 3790. The van der Waals surface area contributed by atoms with Gasteiger partial charge in [-0.15, -0.1) is 0 Å². The number of rotatable bonds is 18. The van der Waals surface area contributed by atoms with Gasteiger partial charge in [-0.25, -0.2) is 19.9 Å². The summed E-state index contributed by atoms with van der Waals surface area (Å²) in [4.78, 5) is 47.7. The Morgan fingerprint density at radius 1 is 0.613 bits per heavy atom. The lowest BCUT2D eigenvalue weighted by atomic mass is 10.0. The van der Waals surface area contributed by atoms with Crippen molar-refractivity contribution >= 4 is 57.8 Å². The number of aryl methyl sites for hydroxylation is 2. The number of anilines is 8. The van der Waals surface area contributed by atoms with E-state index in [9.17, 15) is 9.59 Å². The molecule has 80 heavy (non-hydrogen) atoms. The van der Waals surface area contributed by atoms with Crippen molar-refractivity contribution in [2.75, 3.05) is 164 Å². The van der Waals surface area contributed by atoms with Crippen molar-refractivity contribution in [3.05, 3.63) is 59.2 Å². The minimum absolute atomic E-state index is 0.0162. The minimum Gasteiger partial charge on any atom is -0.495 e. The molecule has 22 heteroatoms. The number of likely N-dealkylation sites (N-methyl/N-ethyl adjacent to an activating group) is 2. The van der Waals surface area contributed by atoms with Crippen LogP contribution in [0.1, 0.15) is 133 Å². The zero-order chi connectivity index (χ0) is 79.1. The molecule has 0 radical (unpaired) electrons. The van der Waals surface area contributed by atoms with Crippen molar-refractivity contribution in [1.29, 1.82) is 0 Å². The number of piperazine rings is 2. The summed E-state index contributed by atoms with van der Waals surface area (Å²) in [6.07, 6.45) is -2.07. The molecule has 6 fully saturated rings. The van der Waals surface area contributed by atoms with E-state index in [1.807, 2.05) is 9.80 Å². The van der Waals surface area contributed by atoms with Crippen molar-refractivity contribution in [2.45, 2.75) is 102 Å². The molecule has 8 N–H and O–H groups in total. The molecule has 0 spiro atoms. The summed E-state index contributed by atoms with van der Waals surface area (Å²) >= 11 is 0. The zero-order valence-electron chi connectivity index (χ0n) is 71.2. The molecule has 22 nitrogen and oxygen atoms in total. The fraction of sp³-hybridized carbons (Fsp3) is 0.621. The van der Waals surface area contributed by atoms with Crippen LogP contribution >= 0.6 is 0 Å². The quantitative estimate of drug-likeness (QED) is 0.0731. The number of carbonyl (C=O) groups excluding carboxylic acids is 2. The third kappa shape index (κ3) is 14.8. The maximum Gasteiger partial charge on any atom is 0.271 e. The molecule has 6 aliphatic rings. The molecule has 4 aromatic rings. The van der Waals surface area contributed by atoms with Crippen LogP contribution in [-0.4, -0.2) is 208 Å². The SMILES string of the molecule is [2H]C([2H])(C)c1nc(C(N)=O)c(Nc2ccc(N3CCC(N4C([2H])([2H])C([2H])([2H])N(C([2H])([2H])[2H])C([2H])([2H])C4([2H])[2H])CC3)c(OC)c2)nc1NC1CCOCC1.[2H]C([2H])([2H])C([2H])([2H])c1nc(C(N)=O)c(Nc2ccc(N3CCC(N4C([2H])([2H])C([2H])([2H])N(C)C([2H])([2H])C4([2H])[2H])CC3)c(OC)c2)nc1NC1CCOCC1. The van der Waals surface area contributed by atoms with Crippen LogP contribution in [0.2, 0.25) is 0 Å². The maximum atomic E-state index is 12.6. The monoisotopic (exact) mass is 1130 g/mol. The van der Waals surface area contributed by atoms with E-state index in [-0.39, 0.29) is 104 Å². The van der Waals surface area contributed by atoms with Gasteiger partial charge in [0.15, 0.2) is 34.7 Å². The van der Waals surface area contributed by atoms with Crippen LogP contribution in [0.15, 0.2) is 36.4 Å². The summed E-state index contributed by atoms with van der Waals surface area (Å²) < 4.78 is 238. The van der Waals surface area contributed by atoms with Crippen LogP contribution < -0.4 is 52.0 Å². The number of nitrogens with zero attached hydrogens (tertiary/aromatic N) is 10. The lowest BCUT2D eigenvalue weighted by Crippen LogP contribution is -2.52. The summed E-state index contributed by atoms with van der Waals surface area (Å²) in [6, 6.07) is 7.80. The molecular weight excluding hydrogens is 1020 g/mol. The van der Waals surface area contributed by atoms with Gasteiger partial charge in [0.1, 0.15) is 11.5 Å². The first kappa shape index (κ1) is 33.6. The summed E-state index contributed by atoms with van der Waals surface area (Å²) in [5, 5.41) is 12.3. The zero-order valence-corrected chi connectivity index (χ0v) is 45.2. The summed E-state index contributed by atoms with van der Waals surface area (Å²) in [5.41, 5.74) is 11.8. The molecule has 2 amide bonds. The fourth-order valence-corrected chi connectivity index (χ4v) is 9.90. The predicted octanol–water partition coefficient (Wildman–Crippen LogP) is 5.39. The number of ether oxygens (including phenoxy) is 4. The third-order valence-corrected chi connectivity index (χ3v) is 14.2. The van der Waals surface area contributed by atoms with Gasteiger partial charge in [-0.1, -0.05) is 13.8 Å². The Morgan fingerprint density at radius 2 is 1.02 bits per heavy atom. The standard InChI is InChI=1S/2C29H44N8O3/c2*1-4-23-28(31-20-9-17-40-18-10-20)34-29(26(33-23)27(30)38)32-21-5-6-24(25(19-21)39-3)37-11-7-22(8-12-37)36-15-13-35(2)14-16-36/h2*5-6,19-20,22H,4,7-18H2,1-3H3,(H2,30,38)(H2,31,32,34)/i2D3,4D2,13D2,14D2,15D2,16D2;1D3,4D2,13D2,14D2,15D2,16D2. The number of primary amides is 2. The second-order valence-corrected chi connectivity index (χ2v) is 19.4. The van der Waals surface area contributed by atoms with Crippen LogP contribution in [0.3, 0.4) is 0 Å². The number of aromatic nitrogens is 4. The van der Waals surface area contributed by atoms with Gasteiger partial charge in [-0.2, -0.15) is 0 Å². The van der Waals surface area contributed by atoms with Gasteiger partial charge in [0.05, 0.1) is 37.0 Å². The van der Waals surface area contributed by atoms with Crippen LogP contribution in [0.5, 0.6) is 11.5 Å². The van der Waals surface area contributed by atoms with E-state index in [0.717, 1.165) is 7.05 Å². The number of hydrogen-bond acceptors (Lipinski definition) is 20. The molecule has 436 valence electrons. The third-order valence-electron chi connectivity index (χ3n) is 14.2. The highest BCUT2D eigenvalue weighted by Crippen LogP contribution is 2.37. The highest BCUT2D eigenvalue weighted by molar-refractivity contribution is 5.97. The van der Waals surface area contributed by atoms with Gasteiger partial charge in [0.2, 0.25) is 0 Å². The summed E-state index contributed by atoms with van der Waals surface area (Å²) in [7, 11) is 3.90. The molecule has 0 unspecified atom stereocenters. The Morgan fingerprint density at radius 3 is 1.40 bits per heavy atom.